The van der Waals surface area contributed by atoms with Crippen molar-refractivity contribution in [3.05, 3.63) is 0 Å². The summed E-state index contributed by atoms with van der Waals surface area (Å²) in [5.41, 5.74) is -0.548. The molecule has 0 radical (unpaired) electrons. The fraction of sp³-hybridized carbons (Fsp3) is 0.789. The Hall–Kier alpha value is -2.12. The minimum Gasteiger partial charge on any atom is -0.357 e. The molecule has 2 heterocycles. The van der Waals surface area contributed by atoms with Crippen LogP contribution in [-0.4, -0.2) is 71.7 Å². The first-order valence-corrected chi connectivity index (χ1v) is 9.71. The predicted octanol–water partition coefficient (Wildman–Crippen LogP) is 0.265. The molecule has 0 spiro atoms. The SMILES string of the molecule is CNC(=O)[C@H](C)NC(=O)[C@@H]1CCCN1C(=O)[C@@H]1CCCN1C(=O)C(C)(C)C. The molecule has 2 N–H and O–H groups in total. The number of rotatable bonds is 4. The maximum absolute atomic E-state index is 13.2. The van der Waals surface area contributed by atoms with Gasteiger partial charge in [0, 0.05) is 25.6 Å². The minimum absolute atomic E-state index is 0.0354. The lowest BCUT2D eigenvalue weighted by molar-refractivity contribution is -0.150. The van der Waals surface area contributed by atoms with Crippen LogP contribution in [0.4, 0.5) is 0 Å². The summed E-state index contributed by atoms with van der Waals surface area (Å²) < 4.78 is 0. The summed E-state index contributed by atoms with van der Waals surface area (Å²) in [4.78, 5) is 53.4. The van der Waals surface area contributed by atoms with E-state index in [9.17, 15) is 19.2 Å². The Kier molecular flexibility index (Phi) is 6.49. The van der Waals surface area contributed by atoms with Crippen LogP contribution < -0.4 is 10.6 Å². The van der Waals surface area contributed by atoms with E-state index in [2.05, 4.69) is 10.6 Å². The molecule has 0 aromatic carbocycles. The van der Waals surface area contributed by atoms with E-state index in [1.807, 2.05) is 20.8 Å². The van der Waals surface area contributed by atoms with Gasteiger partial charge in [-0.15, -0.1) is 0 Å². The van der Waals surface area contributed by atoms with Gasteiger partial charge in [-0.2, -0.15) is 0 Å². The van der Waals surface area contributed by atoms with E-state index >= 15 is 0 Å². The van der Waals surface area contributed by atoms with E-state index < -0.39 is 23.5 Å². The van der Waals surface area contributed by atoms with E-state index in [0.717, 1.165) is 12.8 Å². The number of likely N-dealkylation sites (tertiary alicyclic amines) is 2. The van der Waals surface area contributed by atoms with Crippen LogP contribution in [0.1, 0.15) is 53.4 Å². The molecule has 2 rings (SSSR count). The molecule has 27 heavy (non-hydrogen) atoms. The minimum atomic E-state index is -0.662. The van der Waals surface area contributed by atoms with Gasteiger partial charge in [-0.05, 0) is 32.6 Å². The van der Waals surface area contributed by atoms with Crippen molar-refractivity contribution in [1.29, 1.82) is 0 Å². The Morgan fingerprint density at radius 1 is 0.963 bits per heavy atom. The fourth-order valence-electron chi connectivity index (χ4n) is 3.78. The maximum atomic E-state index is 13.2. The highest BCUT2D eigenvalue weighted by Gasteiger charge is 2.44. The van der Waals surface area contributed by atoms with Crippen LogP contribution in [-0.2, 0) is 19.2 Å². The zero-order chi connectivity index (χ0) is 20.4. The number of amides is 4. The predicted molar refractivity (Wildman–Crippen MR) is 101 cm³/mol. The Labute approximate surface area is 161 Å². The molecule has 8 nitrogen and oxygen atoms in total. The molecule has 2 saturated heterocycles. The third-order valence-corrected chi connectivity index (χ3v) is 5.28. The Bertz CT molecular complexity index is 613. The summed E-state index contributed by atoms with van der Waals surface area (Å²) in [6, 6.07) is -1.75. The maximum Gasteiger partial charge on any atom is 0.246 e. The summed E-state index contributed by atoms with van der Waals surface area (Å²) in [6.45, 7) is 8.23. The highest BCUT2D eigenvalue weighted by molar-refractivity contribution is 5.95. The van der Waals surface area contributed by atoms with Gasteiger partial charge in [0.15, 0.2) is 0 Å². The number of carbonyl (C=O) groups is 4. The third kappa shape index (κ3) is 4.59. The lowest BCUT2D eigenvalue weighted by Crippen LogP contribution is -2.56. The number of carbonyl (C=O) groups excluding carboxylic acids is 4. The number of likely N-dealkylation sites (N-methyl/N-ethyl adjacent to an activating group) is 1. The summed E-state index contributed by atoms with van der Waals surface area (Å²) >= 11 is 0. The second-order valence-electron chi connectivity index (χ2n) is 8.44. The molecule has 2 aliphatic rings. The van der Waals surface area contributed by atoms with Crippen molar-refractivity contribution < 1.29 is 19.2 Å². The van der Waals surface area contributed by atoms with E-state index in [4.69, 9.17) is 0 Å². The van der Waals surface area contributed by atoms with Gasteiger partial charge in [0.1, 0.15) is 18.1 Å². The quantitative estimate of drug-likeness (QED) is 0.731. The molecule has 0 aromatic rings. The molecule has 2 aliphatic heterocycles. The second kappa shape index (κ2) is 8.27. The monoisotopic (exact) mass is 380 g/mol. The van der Waals surface area contributed by atoms with Crippen LogP contribution in [0.15, 0.2) is 0 Å². The van der Waals surface area contributed by atoms with Crippen molar-refractivity contribution in [2.75, 3.05) is 20.1 Å². The van der Waals surface area contributed by atoms with Crippen molar-refractivity contribution in [2.24, 2.45) is 5.41 Å². The zero-order valence-corrected chi connectivity index (χ0v) is 17.0. The number of nitrogens with one attached hydrogen (secondary N) is 2. The van der Waals surface area contributed by atoms with Gasteiger partial charge in [0.05, 0.1) is 0 Å². The highest BCUT2D eigenvalue weighted by Crippen LogP contribution is 2.28. The highest BCUT2D eigenvalue weighted by atomic mass is 16.2. The molecule has 0 saturated carbocycles. The summed E-state index contributed by atoms with van der Waals surface area (Å²) in [6.07, 6.45) is 2.72. The van der Waals surface area contributed by atoms with Crippen molar-refractivity contribution in [1.82, 2.24) is 20.4 Å². The molecule has 0 bridgehead atoms. The van der Waals surface area contributed by atoms with Crippen LogP contribution in [0, 0.1) is 5.41 Å². The normalized spacial score (nSPS) is 23.9. The van der Waals surface area contributed by atoms with Gasteiger partial charge in [0.25, 0.3) is 0 Å². The average molecular weight is 380 g/mol. The Morgan fingerprint density at radius 2 is 1.52 bits per heavy atom. The first kappa shape index (κ1) is 21.2. The van der Waals surface area contributed by atoms with Gasteiger partial charge in [-0.3, -0.25) is 19.2 Å². The van der Waals surface area contributed by atoms with Crippen molar-refractivity contribution in [3.8, 4) is 0 Å². The summed E-state index contributed by atoms with van der Waals surface area (Å²) in [5.74, 6) is -0.789. The van der Waals surface area contributed by atoms with Crippen molar-refractivity contribution >= 4 is 23.6 Å². The van der Waals surface area contributed by atoms with Crippen molar-refractivity contribution in [3.63, 3.8) is 0 Å². The molecule has 0 aliphatic carbocycles. The first-order valence-electron chi connectivity index (χ1n) is 9.71. The van der Waals surface area contributed by atoms with Crippen LogP contribution in [0.25, 0.3) is 0 Å². The van der Waals surface area contributed by atoms with E-state index in [-0.39, 0.29) is 23.6 Å². The van der Waals surface area contributed by atoms with Crippen molar-refractivity contribution in [2.45, 2.75) is 71.5 Å². The molecule has 4 amide bonds. The van der Waals surface area contributed by atoms with Crippen LogP contribution in [0.3, 0.4) is 0 Å². The first-order chi connectivity index (χ1) is 12.6. The van der Waals surface area contributed by atoms with Crippen LogP contribution in [0.2, 0.25) is 0 Å². The Balaban J connectivity index is 2.09. The topological polar surface area (TPSA) is 98.8 Å². The molecular formula is C19H32N4O4. The largest absolute Gasteiger partial charge is 0.357 e. The van der Waals surface area contributed by atoms with Gasteiger partial charge in [0.2, 0.25) is 23.6 Å². The molecule has 0 aromatic heterocycles. The third-order valence-electron chi connectivity index (χ3n) is 5.28. The number of hydrogen-bond donors (Lipinski definition) is 2. The molecule has 8 heteroatoms. The van der Waals surface area contributed by atoms with Gasteiger partial charge in [-0.25, -0.2) is 0 Å². The standard InChI is InChI=1S/C19H32N4O4/c1-12(15(24)20-5)21-16(25)13-8-6-10-22(13)17(26)14-9-7-11-23(14)18(27)19(2,3)4/h12-14H,6-11H2,1-5H3,(H,20,24)(H,21,25)/t12-,13-,14-/m0/s1. The smallest absolute Gasteiger partial charge is 0.246 e. The summed E-state index contributed by atoms with van der Waals surface area (Å²) in [7, 11) is 1.51. The molecule has 2 fully saturated rings. The van der Waals surface area contributed by atoms with Gasteiger partial charge in [-0.1, -0.05) is 20.8 Å². The lowest BCUT2D eigenvalue weighted by atomic mass is 9.94. The second-order valence-corrected chi connectivity index (χ2v) is 8.44. The van der Waals surface area contributed by atoms with Crippen LogP contribution in [0.5, 0.6) is 0 Å². The zero-order valence-electron chi connectivity index (χ0n) is 17.0. The van der Waals surface area contributed by atoms with Crippen LogP contribution >= 0.6 is 0 Å². The van der Waals surface area contributed by atoms with E-state index in [1.165, 1.54) is 7.05 Å². The molecule has 0 unspecified atom stereocenters. The molecular weight excluding hydrogens is 348 g/mol. The molecule has 3 atom stereocenters. The number of nitrogens with zero attached hydrogens (tertiary/aromatic N) is 2. The van der Waals surface area contributed by atoms with Gasteiger partial charge < -0.3 is 20.4 Å². The van der Waals surface area contributed by atoms with Gasteiger partial charge >= 0.3 is 0 Å². The average Bonchev–Trinajstić information content (AvgIpc) is 3.27. The Morgan fingerprint density at radius 3 is 2.07 bits per heavy atom. The lowest BCUT2D eigenvalue weighted by Gasteiger charge is -2.34. The summed E-state index contributed by atoms with van der Waals surface area (Å²) in [5, 5.41) is 5.17. The fourth-order valence-corrected chi connectivity index (χ4v) is 3.78. The van der Waals surface area contributed by atoms with E-state index in [0.29, 0.717) is 25.9 Å². The van der Waals surface area contributed by atoms with E-state index in [1.54, 1.807) is 16.7 Å². The number of hydrogen-bond acceptors (Lipinski definition) is 4. The molecule has 152 valence electrons.